The standard InChI is InChI=1S/C9H8N4O/c1-2-4-8(5-3-1)6-10-11-9-7-14-13-12-9/h1-6H,7H2. The summed E-state index contributed by atoms with van der Waals surface area (Å²) in [5.74, 6) is 0.484. The van der Waals surface area contributed by atoms with Crippen LogP contribution in [0.5, 0.6) is 0 Å². The van der Waals surface area contributed by atoms with Crippen molar-refractivity contribution in [2.45, 2.75) is 0 Å². The zero-order valence-corrected chi connectivity index (χ0v) is 7.37. The molecule has 0 spiro atoms. The summed E-state index contributed by atoms with van der Waals surface area (Å²) in [6.45, 7) is 0.298. The van der Waals surface area contributed by atoms with Crippen molar-refractivity contribution in [2.75, 3.05) is 6.61 Å². The summed E-state index contributed by atoms with van der Waals surface area (Å²) in [5, 5.41) is 14.6. The van der Waals surface area contributed by atoms with Gasteiger partial charge in [-0.25, -0.2) is 0 Å². The van der Waals surface area contributed by atoms with Crippen LogP contribution in [0.15, 0.2) is 50.9 Å². The maximum atomic E-state index is 4.61. The molecular formula is C9H8N4O. The Labute approximate surface area is 80.8 Å². The van der Waals surface area contributed by atoms with Crippen LogP contribution in [0.25, 0.3) is 0 Å². The van der Waals surface area contributed by atoms with Crippen LogP contribution in [-0.2, 0) is 4.84 Å². The molecule has 0 atom stereocenters. The van der Waals surface area contributed by atoms with Gasteiger partial charge in [0.25, 0.3) is 0 Å². The molecule has 5 heteroatoms. The Bertz CT molecular complexity index is 383. The molecule has 1 aliphatic rings. The Morgan fingerprint density at radius 1 is 1.29 bits per heavy atom. The van der Waals surface area contributed by atoms with E-state index in [9.17, 15) is 0 Å². The molecule has 0 aromatic heterocycles. The minimum Gasteiger partial charge on any atom is -0.371 e. The third kappa shape index (κ3) is 2.22. The average Bonchev–Trinajstić information content (AvgIpc) is 2.72. The highest BCUT2D eigenvalue weighted by Gasteiger charge is 2.03. The van der Waals surface area contributed by atoms with Crippen molar-refractivity contribution in [3.8, 4) is 0 Å². The molecule has 1 aromatic carbocycles. The smallest absolute Gasteiger partial charge is 0.216 e. The fourth-order valence-corrected chi connectivity index (χ4v) is 0.942. The molecule has 1 heterocycles. The monoisotopic (exact) mass is 188 g/mol. The van der Waals surface area contributed by atoms with E-state index in [1.165, 1.54) is 0 Å². The van der Waals surface area contributed by atoms with Crippen LogP contribution >= 0.6 is 0 Å². The van der Waals surface area contributed by atoms with Gasteiger partial charge in [0.15, 0.2) is 6.61 Å². The van der Waals surface area contributed by atoms with Gasteiger partial charge in [0.2, 0.25) is 5.84 Å². The van der Waals surface area contributed by atoms with Crippen LogP contribution in [0.1, 0.15) is 5.56 Å². The largest absolute Gasteiger partial charge is 0.371 e. The van der Waals surface area contributed by atoms with Crippen molar-refractivity contribution in [3.63, 3.8) is 0 Å². The lowest BCUT2D eigenvalue weighted by atomic mass is 10.2. The zero-order valence-electron chi connectivity index (χ0n) is 7.37. The van der Waals surface area contributed by atoms with Gasteiger partial charge in [0.1, 0.15) is 0 Å². The average molecular weight is 188 g/mol. The number of amidine groups is 1. The van der Waals surface area contributed by atoms with E-state index >= 15 is 0 Å². The first-order valence-corrected chi connectivity index (χ1v) is 4.13. The summed E-state index contributed by atoms with van der Waals surface area (Å²) in [6, 6.07) is 9.70. The number of hydrogen-bond acceptors (Lipinski definition) is 4. The predicted molar refractivity (Wildman–Crippen MR) is 52.3 cm³/mol. The van der Waals surface area contributed by atoms with E-state index in [2.05, 4.69) is 25.4 Å². The lowest BCUT2D eigenvalue weighted by molar-refractivity contribution is 0.186. The van der Waals surface area contributed by atoms with E-state index in [0.29, 0.717) is 12.4 Å². The lowest BCUT2D eigenvalue weighted by Crippen LogP contribution is -1.94. The molecule has 1 aliphatic heterocycles. The molecule has 0 amide bonds. The Kier molecular flexibility index (Phi) is 2.61. The van der Waals surface area contributed by atoms with Gasteiger partial charge in [-0.3, -0.25) is 0 Å². The minimum atomic E-state index is 0.298. The molecular weight excluding hydrogens is 180 g/mol. The molecule has 0 radical (unpaired) electrons. The van der Waals surface area contributed by atoms with Crippen molar-refractivity contribution < 1.29 is 4.84 Å². The van der Waals surface area contributed by atoms with Gasteiger partial charge in [0.05, 0.1) is 6.21 Å². The van der Waals surface area contributed by atoms with Crippen LogP contribution < -0.4 is 0 Å². The van der Waals surface area contributed by atoms with Gasteiger partial charge in [-0.2, -0.15) is 5.10 Å². The number of hydrogen-bond donors (Lipinski definition) is 0. The Morgan fingerprint density at radius 3 is 2.86 bits per heavy atom. The van der Waals surface area contributed by atoms with Gasteiger partial charge in [-0.05, 0) is 5.56 Å². The van der Waals surface area contributed by atoms with Crippen LogP contribution in [0.3, 0.4) is 0 Å². The van der Waals surface area contributed by atoms with E-state index in [0.717, 1.165) is 5.56 Å². The van der Waals surface area contributed by atoms with Crippen molar-refractivity contribution >= 4 is 12.1 Å². The third-order valence-corrected chi connectivity index (χ3v) is 1.59. The van der Waals surface area contributed by atoms with Gasteiger partial charge in [0, 0.05) is 5.28 Å². The fourth-order valence-electron chi connectivity index (χ4n) is 0.942. The summed E-state index contributed by atoms with van der Waals surface area (Å²) < 4.78 is 0. The molecule has 0 N–H and O–H groups in total. The normalized spacial score (nSPS) is 17.9. The maximum Gasteiger partial charge on any atom is 0.216 e. The Balaban J connectivity index is 2.01. The van der Waals surface area contributed by atoms with Gasteiger partial charge in [-0.1, -0.05) is 35.4 Å². The summed E-state index contributed by atoms with van der Waals surface area (Å²) in [7, 11) is 0. The van der Waals surface area contributed by atoms with Crippen molar-refractivity contribution in [1.29, 1.82) is 0 Å². The van der Waals surface area contributed by atoms with Crippen LogP contribution in [-0.4, -0.2) is 18.7 Å². The molecule has 14 heavy (non-hydrogen) atoms. The van der Waals surface area contributed by atoms with Crippen LogP contribution in [0.2, 0.25) is 0 Å². The number of nitrogens with zero attached hydrogens (tertiary/aromatic N) is 4. The number of rotatable bonds is 2. The number of benzene rings is 1. The topological polar surface area (TPSA) is 58.7 Å². The quantitative estimate of drug-likeness (QED) is 0.515. The highest BCUT2D eigenvalue weighted by atomic mass is 16.7. The summed E-state index contributed by atoms with van der Waals surface area (Å²) in [5.41, 5.74) is 0.993. The predicted octanol–water partition coefficient (Wildman–Crippen LogP) is 1.82. The van der Waals surface area contributed by atoms with Crippen LogP contribution in [0, 0.1) is 0 Å². The van der Waals surface area contributed by atoms with E-state index in [-0.39, 0.29) is 0 Å². The molecule has 5 nitrogen and oxygen atoms in total. The van der Waals surface area contributed by atoms with Crippen LogP contribution in [0.4, 0.5) is 0 Å². The SMILES string of the molecule is C(=NN=C1CON=N1)c1ccccc1. The highest BCUT2D eigenvalue weighted by molar-refractivity contribution is 5.86. The summed E-state index contributed by atoms with van der Waals surface area (Å²) in [6.07, 6.45) is 1.65. The molecule has 0 fully saturated rings. The summed E-state index contributed by atoms with van der Waals surface area (Å²) in [4.78, 5) is 4.61. The molecule has 1 aromatic rings. The van der Waals surface area contributed by atoms with Gasteiger partial charge < -0.3 is 4.84 Å². The molecule has 70 valence electrons. The van der Waals surface area contributed by atoms with Gasteiger partial charge >= 0.3 is 0 Å². The first-order valence-electron chi connectivity index (χ1n) is 4.13. The van der Waals surface area contributed by atoms with E-state index in [1.807, 2.05) is 30.3 Å². The second-order valence-electron chi connectivity index (χ2n) is 2.63. The van der Waals surface area contributed by atoms with Crippen molar-refractivity contribution in [2.24, 2.45) is 20.6 Å². The van der Waals surface area contributed by atoms with E-state index < -0.39 is 0 Å². The van der Waals surface area contributed by atoms with E-state index in [1.54, 1.807) is 6.21 Å². The molecule has 0 unspecified atom stereocenters. The maximum absolute atomic E-state index is 4.61. The minimum absolute atomic E-state index is 0.298. The summed E-state index contributed by atoms with van der Waals surface area (Å²) >= 11 is 0. The Morgan fingerprint density at radius 2 is 2.14 bits per heavy atom. The first-order chi connectivity index (χ1) is 6.95. The molecule has 0 saturated carbocycles. The molecule has 2 rings (SSSR count). The lowest BCUT2D eigenvalue weighted by Gasteiger charge is -1.87. The van der Waals surface area contributed by atoms with E-state index in [4.69, 9.17) is 0 Å². The van der Waals surface area contributed by atoms with Crippen molar-refractivity contribution in [1.82, 2.24) is 0 Å². The third-order valence-electron chi connectivity index (χ3n) is 1.59. The van der Waals surface area contributed by atoms with Crippen molar-refractivity contribution in [3.05, 3.63) is 35.9 Å². The first kappa shape index (κ1) is 8.55. The van der Waals surface area contributed by atoms with Gasteiger partial charge in [-0.15, -0.1) is 5.10 Å². The zero-order chi connectivity index (χ0) is 9.64. The Hall–Kier alpha value is -2.04. The second kappa shape index (κ2) is 4.27. The molecule has 0 bridgehead atoms. The fraction of sp³-hybridized carbons (Fsp3) is 0.111. The second-order valence-corrected chi connectivity index (χ2v) is 2.63. The molecule has 0 saturated heterocycles. The highest BCUT2D eigenvalue weighted by Crippen LogP contribution is 1.98. The molecule has 0 aliphatic carbocycles.